The molecular weight excluding hydrogens is 325 g/mol. The molecule has 7 heteroatoms. The van der Waals surface area contributed by atoms with Crippen LogP contribution < -0.4 is 0 Å². The summed E-state index contributed by atoms with van der Waals surface area (Å²) in [4.78, 5) is 31.2. The summed E-state index contributed by atoms with van der Waals surface area (Å²) in [5, 5.41) is 0. The maximum atomic E-state index is 13.3. The third kappa shape index (κ3) is 3.98. The number of nitrogens with zero attached hydrogens (tertiary/aromatic N) is 3. The van der Waals surface area contributed by atoms with Crippen molar-refractivity contribution < 1.29 is 18.7 Å². The highest BCUT2D eigenvalue weighted by molar-refractivity contribution is 5.94. The van der Waals surface area contributed by atoms with E-state index in [0.717, 1.165) is 19.3 Å². The van der Waals surface area contributed by atoms with E-state index in [4.69, 9.17) is 4.74 Å². The highest BCUT2D eigenvalue weighted by atomic mass is 19.1. The SMILES string of the molecule is CN(C)C(=O)CO[C@@H]1CCC[C@@H]2CN(C(=O)c3ccnc(F)c3)C[C@@H]21. The Morgan fingerprint density at radius 2 is 2.16 bits per heavy atom. The van der Waals surface area contributed by atoms with Gasteiger partial charge in [0.1, 0.15) is 6.61 Å². The molecule has 1 saturated heterocycles. The maximum Gasteiger partial charge on any atom is 0.254 e. The summed E-state index contributed by atoms with van der Waals surface area (Å²) >= 11 is 0. The van der Waals surface area contributed by atoms with Gasteiger partial charge in [-0.1, -0.05) is 6.42 Å². The Bertz CT molecular complexity index is 652. The van der Waals surface area contributed by atoms with Gasteiger partial charge in [-0.2, -0.15) is 4.39 Å². The van der Waals surface area contributed by atoms with E-state index in [1.165, 1.54) is 23.2 Å². The van der Waals surface area contributed by atoms with Crippen LogP contribution in [0.3, 0.4) is 0 Å². The van der Waals surface area contributed by atoms with Crippen LogP contribution in [0.25, 0.3) is 0 Å². The normalized spacial score (nSPS) is 25.6. The number of hydrogen-bond donors (Lipinski definition) is 0. The van der Waals surface area contributed by atoms with E-state index in [1.54, 1.807) is 19.0 Å². The second-order valence-electron chi connectivity index (χ2n) is 7.07. The van der Waals surface area contributed by atoms with E-state index >= 15 is 0 Å². The Morgan fingerprint density at radius 1 is 1.36 bits per heavy atom. The highest BCUT2D eigenvalue weighted by Gasteiger charge is 2.42. The summed E-state index contributed by atoms with van der Waals surface area (Å²) in [6.07, 6.45) is 4.31. The Balaban J connectivity index is 1.64. The monoisotopic (exact) mass is 349 g/mol. The number of pyridine rings is 1. The summed E-state index contributed by atoms with van der Waals surface area (Å²) in [5.41, 5.74) is 0.325. The van der Waals surface area contributed by atoms with Crippen LogP contribution in [-0.4, -0.2) is 66.5 Å². The van der Waals surface area contributed by atoms with E-state index in [2.05, 4.69) is 4.98 Å². The van der Waals surface area contributed by atoms with Gasteiger partial charge in [0, 0.05) is 50.9 Å². The zero-order chi connectivity index (χ0) is 18.0. The topological polar surface area (TPSA) is 62.7 Å². The molecule has 0 unspecified atom stereocenters. The van der Waals surface area contributed by atoms with Crippen molar-refractivity contribution in [2.24, 2.45) is 11.8 Å². The Hall–Kier alpha value is -2.02. The van der Waals surface area contributed by atoms with Crippen LogP contribution >= 0.6 is 0 Å². The predicted molar refractivity (Wildman–Crippen MR) is 89.4 cm³/mol. The first-order valence-electron chi connectivity index (χ1n) is 8.68. The fourth-order valence-electron chi connectivity index (χ4n) is 3.82. The largest absolute Gasteiger partial charge is 0.368 e. The first-order chi connectivity index (χ1) is 12.0. The molecule has 1 aliphatic carbocycles. The van der Waals surface area contributed by atoms with Crippen LogP contribution in [0.1, 0.15) is 29.6 Å². The van der Waals surface area contributed by atoms with Gasteiger partial charge in [-0.05, 0) is 24.8 Å². The van der Waals surface area contributed by atoms with Crippen molar-refractivity contribution in [2.75, 3.05) is 33.8 Å². The van der Waals surface area contributed by atoms with Gasteiger partial charge >= 0.3 is 0 Å². The number of hydrogen-bond acceptors (Lipinski definition) is 4. The lowest BCUT2D eigenvalue weighted by atomic mass is 9.79. The van der Waals surface area contributed by atoms with E-state index in [0.29, 0.717) is 24.6 Å². The first-order valence-corrected chi connectivity index (χ1v) is 8.68. The molecule has 0 aromatic carbocycles. The van der Waals surface area contributed by atoms with Gasteiger partial charge in [-0.15, -0.1) is 0 Å². The zero-order valence-corrected chi connectivity index (χ0v) is 14.7. The molecule has 2 heterocycles. The van der Waals surface area contributed by atoms with Crippen LogP contribution in [0.15, 0.2) is 18.3 Å². The molecule has 0 spiro atoms. The Morgan fingerprint density at radius 3 is 2.88 bits per heavy atom. The van der Waals surface area contributed by atoms with Crippen molar-refractivity contribution >= 4 is 11.8 Å². The second kappa shape index (κ2) is 7.47. The van der Waals surface area contributed by atoms with Crippen molar-refractivity contribution in [3.8, 4) is 0 Å². The van der Waals surface area contributed by atoms with E-state index in [1.807, 2.05) is 0 Å². The molecular formula is C18H24FN3O3. The maximum absolute atomic E-state index is 13.3. The average Bonchev–Trinajstić information content (AvgIpc) is 3.03. The van der Waals surface area contributed by atoms with Crippen molar-refractivity contribution in [3.63, 3.8) is 0 Å². The van der Waals surface area contributed by atoms with Crippen LogP contribution in [0.2, 0.25) is 0 Å². The summed E-state index contributed by atoms with van der Waals surface area (Å²) < 4.78 is 19.1. The first kappa shape index (κ1) is 17.8. The number of likely N-dealkylation sites (N-methyl/N-ethyl adjacent to an activating group) is 1. The predicted octanol–water partition coefficient (Wildman–Crippen LogP) is 1.57. The number of halogens is 1. The van der Waals surface area contributed by atoms with Crippen molar-refractivity contribution in [1.29, 1.82) is 0 Å². The third-order valence-electron chi connectivity index (χ3n) is 5.21. The molecule has 25 heavy (non-hydrogen) atoms. The van der Waals surface area contributed by atoms with E-state index in [-0.39, 0.29) is 30.4 Å². The van der Waals surface area contributed by atoms with Crippen molar-refractivity contribution in [1.82, 2.24) is 14.8 Å². The summed E-state index contributed by atoms with van der Waals surface area (Å²) in [5.74, 6) is -0.256. The molecule has 6 nitrogen and oxygen atoms in total. The summed E-state index contributed by atoms with van der Waals surface area (Å²) in [7, 11) is 3.42. The van der Waals surface area contributed by atoms with E-state index in [9.17, 15) is 14.0 Å². The standard InChI is InChI=1S/C18H24FN3O3/c1-21(2)17(23)11-25-15-5-3-4-13-9-22(10-14(13)15)18(24)12-6-7-20-16(19)8-12/h6-8,13-15H,3-5,9-11H2,1-2H3/t13-,14+,15-/m1/s1. The molecule has 2 amide bonds. The lowest BCUT2D eigenvalue weighted by molar-refractivity contribution is -0.138. The molecule has 2 fully saturated rings. The van der Waals surface area contributed by atoms with Crippen LogP contribution in [0.5, 0.6) is 0 Å². The van der Waals surface area contributed by atoms with Gasteiger partial charge in [0.05, 0.1) is 6.10 Å². The molecule has 0 radical (unpaired) electrons. The fourth-order valence-corrected chi connectivity index (χ4v) is 3.82. The lowest BCUT2D eigenvalue weighted by Crippen LogP contribution is -2.37. The molecule has 136 valence electrons. The molecule has 2 aliphatic rings. The minimum absolute atomic E-state index is 0.00498. The number of rotatable bonds is 4. The number of carbonyl (C=O) groups is 2. The lowest BCUT2D eigenvalue weighted by Gasteiger charge is -2.32. The fraction of sp³-hybridized carbons (Fsp3) is 0.611. The third-order valence-corrected chi connectivity index (χ3v) is 5.21. The number of aromatic nitrogens is 1. The molecule has 3 atom stereocenters. The van der Waals surface area contributed by atoms with Gasteiger partial charge in [0.25, 0.3) is 5.91 Å². The second-order valence-corrected chi connectivity index (χ2v) is 7.07. The molecule has 1 aromatic rings. The Kier molecular flexibility index (Phi) is 5.32. The number of amides is 2. The van der Waals surface area contributed by atoms with Crippen molar-refractivity contribution in [2.45, 2.75) is 25.4 Å². The molecule has 0 bridgehead atoms. The highest BCUT2D eigenvalue weighted by Crippen LogP contribution is 2.38. The zero-order valence-electron chi connectivity index (χ0n) is 14.7. The molecule has 0 N–H and O–H groups in total. The van der Waals surface area contributed by atoms with Gasteiger partial charge in [0.15, 0.2) is 0 Å². The number of carbonyl (C=O) groups excluding carboxylic acids is 2. The van der Waals surface area contributed by atoms with E-state index < -0.39 is 5.95 Å². The van der Waals surface area contributed by atoms with Crippen LogP contribution in [0.4, 0.5) is 4.39 Å². The number of likely N-dealkylation sites (tertiary alicyclic amines) is 1. The molecule has 1 aromatic heterocycles. The van der Waals surface area contributed by atoms with Gasteiger partial charge in [0.2, 0.25) is 11.9 Å². The van der Waals surface area contributed by atoms with Crippen LogP contribution in [0, 0.1) is 17.8 Å². The molecule has 1 aliphatic heterocycles. The molecule has 1 saturated carbocycles. The van der Waals surface area contributed by atoms with Gasteiger partial charge in [-0.25, -0.2) is 4.98 Å². The minimum atomic E-state index is -0.647. The smallest absolute Gasteiger partial charge is 0.254 e. The number of ether oxygens (including phenoxy) is 1. The number of fused-ring (bicyclic) bond motifs is 1. The van der Waals surface area contributed by atoms with Crippen LogP contribution in [-0.2, 0) is 9.53 Å². The Labute approximate surface area is 147 Å². The quantitative estimate of drug-likeness (QED) is 0.774. The molecule has 3 rings (SSSR count). The van der Waals surface area contributed by atoms with Gasteiger partial charge < -0.3 is 14.5 Å². The minimum Gasteiger partial charge on any atom is -0.368 e. The van der Waals surface area contributed by atoms with Crippen molar-refractivity contribution in [3.05, 3.63) is 29.8 Å². The van der Waals surface area contributed by atoms with Gasteiger partial charge in [-0.3, -0.25) is 9.59 Å². The average molecular weight is 349 g/mol. The summed E-state index contributed by atoms with van der Waals surface area (Å²) in [6.45, 7) is 1.33. The summed E-state index contributed by atoms with van der Waals surface area (Å²) in [6, 6.07) is 2.71.